The maximum atomic E-state index is 12.2. The van der Waals surface area contributed by atoms with Crippen molar-refractivity contribution < 1.29 is 14.8 Å². The van der Waals surface area contributed by atoms with E-state index in [1.165, 1.54) is 17.4 Å². The number of rotatable bonds is 6. The van der Waals surface area contributed by atoms with Gasteiger partial charge in [0.15, 0.2) is 0 Å². The molecule has 0 saturated heterocycles. The SMILES string of the molecule is CCc1ccc(C(=O)NCC(C)(O)c2ccsc2)cc1[N+](=O)[O-]. The van der Waals surface area contributed by atoms with Gasteiger partial charge in [-0.2, -0.15) is 11.3 Å². The van der Waals surface area contributed by atoms with Gasteiger partial charge in [-0.05, 0) is 41.8 Å². The van der Waals surface area contributed by atoms with E-state index in [2.05, 4.69) is 5.32 Å². The molecule has 2 N–H and O–H groups in total. The summed E-state index contributed by atoms with van der Waals surface area (Å²) in [5, 5.41) is 27.7. The molecular formula is C16H18N2O4S. The molecule has 0 saturated carbocycles. The number of carbonyl (C=O) groups is 1. The lowest BCUT2D eigenvalue weighted by Crippen LogP contribution is -2.38. The second kappa shape index (κ2) is 6.89. The van der Waals surface area contributed by atoms with E-state index < -0.39 is 16.4 Å². The van der Waals surface area contributed by atoms with Crippen molar-refractivity contribution in [2.75, 3.05) is 6.54 Å². The van der Waals surface area contributed by atoms with E-state index in [0.717, 1.165) is 5.56 Å². The Morgan fingerprint density at radius 1 is 1.43 bits per heavy atom. The third-order valence-corrected chi connectivity index (χ3v) is 4.34. The summed E-state index contributed by atoms with van der Waals surface area (Å²) in [6.45, 7) is 3.45. The van der Waals surface area contributed by atoms with Crippen LogP contribution < -0.4 is 5.32 Å². The van der Waals surface area contributed by atoms with E-state index >= 15 is 0 Å². The minimum absolute atomic E-state index is 0.0197. The summed E-state index contributed by atoms with van der Waals surface area (Å²) in [6.07, 6.45) is 0.519. The van der Waals surface area contributed by atoms with Crippen LogP contribution in [0.25, 0.3) is 0 Å². The lowest BCUT2D eigenvalue weighted by molar-refractivity contribution is -0.385. The molecule has 23 heavy (non-hydrogen) atoms. The first kappa shape index (κ1) is 17.1. The average Bonchev–Trinajstić information content (AvgIpc) is 3.07. The van der Waals surface area contributed by atoms with Crippen LogP contribution >= 0.6 is 11.3 Å². The number of nitro groups is 1. The predicted octanol–water partition coefficient (Wildman–Crippen LogP) is 2.86. The molecule has 1 heterocycles. The molecule has 0 bridgehead atoms. The van der Waals surface area contributed by atoms with Crippen molar-refractivity contribution in [1.29, 1.82) is 0 Å². The Hall–Kier alpha value is -2.25. The zero-order valence-electron chi connectivity index (χ0n) is 12.9. The molecule has 0 aliphatic rings. The van der Waals surface area contributed by atoms with Crippen LogP contribution in [-0.4, -0.2) is 22.5 Å². The summed E-state index contributed by atoms with van der Waals surface area (Å²) in [4.78, 5) is 22.8. The fourth-order valence-corrected chi connectivity index (χ4v) is 2.98. The highest BCUT2D eigenvalue weighted by Gasteiger charge is 2.25. The van der Waals surface area contributed by atoms with Crippen LogP contribution in [-0.2, 0) is 12.0 Å². The third-order valence-electron chi connectivity index (χ3n) is 3.66. The van der Waals surface area contributed by atoms with Crippen molar-refractivity contribution in [3.05, 3.63) is 61.8 Å². The van der Waals surface area contributed by atoms with Gasteiger partial charge in [-0.15, -0.1) is 0 Å². The molecule has 1 aromatic carbocycles. The summed E-state index contributed by atoms with van der Waals surface area (Å²) in [6, 6.07) is 6.20. The molecule has 0 aliphatic carbocycles. The van der Waals surface area contributed by atoms with Gasteiger partial charge in [0, 0.05) is 17.2 Å². The molecule has 1 aromatic heterocycles. The Kier molecular flexibility index (Phi) is 5.12. The van der Waals surface area contributed by atoms with E-state index in [0.29, 0.717) is 12.0 Å². The summed E-state index contributed by atoms with van der Waals surface area (Å²) in [5.41, 5.74) is 0.247. The average molecular weight is 334 g/mol. The Balaban J connectivity index is 2.12. The second-order valence-electron chi connectivity index (χ2n) is 5.42. The van der Waals surface area contributed by atoms with Crippen LogP contribution in [0, 0.1) is 10.1 Å². The molecule has 6 nitrogen and oxygen atoms in total. The minimum Gasteiger partial charge on any atom is -0.384 e. The lowest BCUT2D eigenvalue weighted by Gasteiger charge is -2.22. The van der Waals surface area contributed by atoms with Gasteiger partial charge in [-0.1, -0.05) is 13.0 Å². The largest absolute Gasteiger partial charge is 0.384 e. The number of nitrogens with zero attached hydrogens (tertiary/aromatic N) is 1. The van der Waals surface area contributed by atoms with Crippen LogP contribution in [0.15, 0.2) is 35.0 Å². The highest BCUT2D eigenvalue weighted by molar-refractivity contribution is 7.08. The molecule has 1 amide bonds. The van der Waals surface area contributed by atoms with E-state index in [-0.39, 0.29) is 17.8 Å². The smallest absolute Gasteiger partial charge is 0.273 e. The molecule has 7 heteroatoms. The molecule has 2 aromatic rings. The van der Waals surface area contributed by atoms with Crippen molar-refractivity contribution in [3.8, 4) is 0 Å². The summed E-state index contributed by atoms with van der Waals surface area (Å²) in [7, 11) is 0. The topological polar surface area (TPSA) is 92.5 Å². The van der Waals surface area contributed by atoms with E-state index in [9.17, 15) is 20.0 Å². The number of hydrogen-bond acceptors (Lipinski definition) is 5. The van der Waals surface area contributed by atoms with Crippen molar-refractivity contribution in [1.82, 2.24) is 5.32 Å². The molecule has 1 unspecified atom stereocenters. The Morgan fingerprint density at radius 3 is 2.74 bits per heavy atom. The van der Waals surface area contributed by atoms with Gasteiger partial charge in [-0.25, -0.2) is 0 Å². The number of thiophene rings is 1. The Morgan fingerprint density at radius 2 is 2.17 bits per heavy atom. The normalized spacial score (nSPS) is 13.3. The number of nitro benzene ring substituents is 1. The van der Waals surface area contributed by atoms with Crippen LogP contribution in [0.4, 0.5) is 5.69 Å². The van der Waals surface area contributed by atoms with Gasteiger partial charge < -0.3 is 10.4 Å². The monoisotopic (exact) mass is 334 g/mol. The second-order valence-corrected chi connectivity index (χ2v) is 6.20. The van der Waals surface area contributed by atoms with Crippen LogP contribution in [0.1, 0.15) is 35.3 Å². The fraction of sp³-hybridized carbons (Fsp3) is 0.312. The molecule has 122 valence electrons. The van der Waals surface area contributed by atoms with E-state index in [4.69, 9.17) is 0 Å². The number of aryl methyl sites for hydroxylation is 1. The predicted molar refractivity (Wildman–Crippen MR) is 88.7 cm³/mol. The number of benzene rings is 1. The van der Waals surface area contributed by atoms with Crippen molar-refractivity contribution in [3.63, 3.8) is 0 Å². The molecule has 0 spiro atoms. The van der Waals surface area contributed by atoms with Crippen molar-refractivity contribution in [2.24, 2.45) is 0 Å². The first-order chi connectivity index (χ1) is 10.8. The number of carbonyl (C=O) groups excluding carboxylic acids is 1. The maximum absolute atomic E-state index is 12.2. The Labute approximate surface area is 137 Å². The van der Waals surface area contributed by atoms with Crippen LogP contribution in [0.2, 0.25) is 0 Å². The number of nitrogens with one attached hydrogen (secondary N) is 1. The first-order valence-corrected chi connectivity index (χ1v) is 8.10. The highest BCUT2D eigenvalue weighted by Crippen LogP contribution is 2.23. The molecule has 0 aliphatic heterocycles. The summed E-state index contributed by atoms with van der Waals surface area (Å²) < 4.78 is 0. The van der Waals surface area contributed by atoms with Gasteiger partial charge >= 0.3 is 0 Å². The third kappa shape index (κ3) is 3.94. The number of amides is 1. The standard InChI is InChI=1S/C16H18N2O4S/c1-3-11-4-5-12(8-14(11)18(21)22)15(19)17-10-16(2,20)13-6-7-23-9-13/h4-9,20H,3,10H2,1-2H3,(H,17,19). The van der Waals surface area contributed by atoms with Gasteiger partial charge in [-0.3, -0.25) is 14.9 Å². The van der Waals surface area contributed by atoms with E-state index in [1.54, 1.807) is 25.1 Å². The number of aliphatic hydroxyl groups is 1. The van der Waals surface area contributed by atoms with Crippen LogP contribution in [0.3, 0.4) is 0 Å². The fourth-order valence-electron chi connectivity index (χ4n) is 2.20. The van der Waals surface area contributed by atoms with Crippen LogP contribution in [0.5, 0.6) is 0 Å². The lowest BCUT2D eigenvalue weighted by atomic mass is 9.99. The zero-order chi connectivity index (χ0) is 17.0. The molecule has 0 fully saturated rings. The Bertz CT molecular complexity index is 711. The highest BCUT2D eigenvalue weighted by atomic mass is 32.1. The molecular weight excluding hydrogens is 316 g/mol. The van der Waals surface area contributed by atoms with Crippen molar-refractivity contribution >= 4 is 22.9 Å². The molecule has 2 rings (SSSR count). The zero-order valence-corrected chi connectivity index (χ0v) is 13.7. The summed E-state index contributed by atoms with van der Waals surface area (Å²) >= 11 is 1.46. The summed E-state index contributed by atoms with van der Waals surface area (Å²) in [5.74, 6) is -0.453. The molecule has 1 atom stereocenters. The van der Waals surface area contributed by atoms with Gasteiger partial charge in [0.25, 0.3) is 11.6 Å². The van der Waals surface area contributed by atoms with Crippen molar-refractivity contribution in [2.45, 2.75) is 25.9 Å². The quantitative estimate of drug-likeness (QED) is 0.627. The first-order valence-electron chi connectivity index (χ1n) is 7.15. The van der Waals surface area contributed by atoms with Gasteiger partial charge in [0.1, 0.15) is 5.60 Å². The van der Waals surface area contributed by atoms with Gasteiger partial charge in [0.2, 0.25) is 0 Å². The minimum atomic E-state index is -1.19. The van der Waals surface area contributed by atoms with Gasteiger partial charge in [0.05, 0.1) is 11.5 Å². The molecule has 0 radical (unpaired) electrons. The number of hydrogen-bond donors (Lipinski definition) is 2. The maximum Gasteiger partial charge on any atom is 0.273 e. The van der Waals surface area contributed by atoms with E-state index in [1.807, 2.05) is 17.7 Å².